The highest BCUT2D eigenvalue weighted by Crippen LogP contribution is 2.46. The molecule has 0 saturated carbocycles. The summed E-state index contributed by atoms with van der Waals surface area (Å²) in [6.07, 6.45) is -1.50. The number of hydrogen-bond donors (Lipinski definition) is 7. The molecule has 7 rings (SSSR count). The van der Waals surface area contributed by atoms with E-state index in [1.165, 1.54) is 31.4 Å². The zero-order valence-corrected chi connectivity index (χ0v) is 59.7. The van der Waals surface area contributed by atoms with E-state index in [-0.39, 0.29) is 81.9 Å². The van der Waals surface area contributed by atoms with Gasteiger partial charge in [-0.15, -0.1) is 0 Å². The van der Waals surface area contributed by atoms with Gasteiger partial charge in [0.2, 0.25) is 41.4 Å². The van der Waals surface area contributed by atoms with Gasteiger partial charge in [-0.05, 0) is 62.8 Å². The minimum atomic E-state index is -2.08. The number of aromatic nitrogens is 2. The van der Waals surface area contributed by atoms with Gasteiger partial charge in [0.1, 0.15) is 43.4 Å². The number of carbonyl (C=O) groups is 8. The summed E-state index contributed by atoms with van der Waals surface area (Å²) in [6, 6.07) is -1.87. The molecule has 34 heteroatoms. The number of benzene rings is 1. The number of cyclic esters (lactones) is 1. The second-order valence-electron chi connectivity index (χ2n) is 24.8. The Morgan fingerprint density at radius 1 is 0.670 bits per heavy atom. The highest BCUT2D eigenvalue weighted by Gasteiger charge is 2.47. The maximum absolute atomic E-state index is 15.4. The Morgan fingerprint density at radius 2 is 1.18 bits per heavy atom. The number of methoxy groups -OCH3 is 1. The molecule has 5 heterocycles. The molecule has 33 nitrogen and oxygen atoms in total. The average molecular weight is 1460 g/mol. The van der Waals surface area contributed by atoms with E-state index in [1.807, 2.05) is 0 Å². The molecular formula is C69H101FN8O25. The third-order valence-electron chi connectivity index (χ3n) is 17.5. The maximum Gasteiger partial charge on any atom is 0.343 e. The van der Waals surface area contributed by atoms with E-state index in [4.69, 9.17) is 71.3 Å². The van der Waals surface area contributed by atoms with Gasteiger partial charge >= 0.3 is 5.97 Å². The number of rotatable bonds is 52. The molecule has 1 aromatic carbocycles. The van der Waals surface area contributed by atoms with Crippen molar-refractivity contribution in [1.82, 2.24) is 41.0 Å². The predicted molar refractivity (Wildman–Crippen MR) is 361 cm³/mol. The van der Waals surface area contributed by atoms with Crippen LogP contribution in [0.15, 0.2) is 16.9 Å². The van der Waals surface area contributed by atoms with Crippen molar-refractivity contribution in [2.75, 3.05) is 179 Å². The Labute approximate surface area is 596 Å². The molecule has 574 valence electrons. The second kappa shape index (κ2) is 43.3. The van der Waals surface area contributed by atoms with Gasteiger partial charge < -0.3 is 108 Å². The first-order chi connectivity index (χ1) is 49.7. The lowest BCUT2D eigenvalue weighted by molar-refractivity contribution is -0.172. The van der Waals surface area contributed by atoms with Crippen molar-refractivity contribution in [3.63, 3.8) is 0 Å². The van der Waals surface area contributed by atoms with Crippen LogP contribution in [-0.2, 0) is 130 Å². The van der Waals surface area contributed by atoms with E-state index in [1.54, 1.807) is 27.0 Å². The van der Waals surface area contributed by atoms with Crippen LogP contribution in [0.25, 0.3) is 22.3 Å². The van der Waals surface area contributed by atoms with E-state index >= 15 is 4.39 Å². The van der Waals surface area contributed by atoms with Gasteiger partial charge in [0.15, 0.2) is 5.60 Å². The summed E-state index contributed by atoms with van der Waals surface area (Å²) in [4.78, 5) is 125. The smallest absolute Gasteiger partial charge is 0.343 e. The van der Waals surface area contributed by atoms with E-state index in [0.29, 0.717) is 184 Å². The van der Waals surface area contributed by atoms with Gasteiger partial charge in [-0.2, -0.15) is 0 Å². The number of esters is 1. The molecular weight excluding hydrogens is 1360 g/mol. The number of aryl methyl sites for hydroxylation is 1. The molecule has 7 N–H and O–H groups in total. The number of aliphatic hydroxyl groups is 2. The molecule has 4 aliphatic rings. The number of aliphatic hydroxyl groups excluding tert-OH is 1. The summed E-state index contributed by atoms with van der Waals surface area (Å²) >= 11 is 0. The summed E-state index contributed by atoms with van der Waals surface area (Å²) in [5.41, 5.74) is 0.817. The molecule has 7 amide bonds. The molecule has 103 heavy (non-hydrogen) atoms. The van der Waals surface area contributed by atoms with Crippen molar-refractivity contribution >= 4 is 58.2 Å². The number of carbonyl (C=O) groups excluding carboxylic acids is 8. The first kappa shape index (κ1) is 83.1. The summed E-state index contributed by atoms with van der Waals surface area (Å²) in [5.74, 6) is -7.09. The summed E-state index contributed by atoms with van der Waals surface area (Å²) in [5, 5.41) is 36.0. The van der Waals surface area contributed by atoms with Crippen molar-refractivity contribution in [1.29, 1.82) is 0 Å². The van der Waals surface area contributed by atoms with Crippen LogP contribution in [0.2, 0.25) is 0 Å². The SMILES string of the molecule is CC[C@@]1(O)C(=O)OCc2c1cc1n(c2=O)Cc2c-1nc1cc(F)c(C)c3c1c2[C@@H](NC(=O)[C@H](O)CCOCNC(=O)[C@H](C)NC(=O)[C@H](C)NC(=O)C(CNC(=O)CCOCCOCCOCCOCCOCCOCCOCCOCCOCCOCCOCCOC)N1C(=O)CC(C)C1=O)CC3. The Hall–Kier alpha value is -7.13. The average Bonchev–Trinajstić information content (AvgIpc) is 1.60. The Bertz CT molecular complexity index is 3380. The van der Waals surface area contributed by atoms with Gasteiger partial charge in [0, 0.05) is 61.4 Å². The standard InChI is InChI=1S/C69H101FN8O25/c1-7-69(89)50-37-54-61-48(40-77(54)67(87)49(50)41-103-68(69)88)60-52(9-8-47-44(3)51(70)38-53(75-61)59(47)60)76-65(85)56(79)10-12-102-42-72-62(82)45(4)73-63(83)46(5)74-64(84)55(78-58(81)36-43(2)66(78)86)39-71-57(80)11-13-91-16-17-93-20-21-95-24-25-97-28-29-99-32-33-101-35-34-100-31-30-98-27-26-96-23-22-94-19-18-92-15-14-90-6/h37-38,43,45-46,52,55-56,79,89H,7-36,39-42H2,1-6H3,(H,71,80)(H,72,82)(H,73,83)(H,74,84)(H,76,85)/t43?,45-,46-,52-,55?,56+,69-/m0/s1. The molecule has 0 spiro atoms. The van der Waals surface area contributed by atoms with E-state index in [2.05, 4.69) is 26.6 Å². The van der Waals surface area contributed by atoms with Crippen LogP contribution in [0.5, 0.6) is 0 Å². The summed E-state index contributed by atoms with van der Waals surface area (Å²) in [7, 11) is 1.63. The van der Waals surface area contributed by atoms with Gasteiger partial charge in [-0.3, -0.25) is 43.3 Å². The molecule has 1 fully saturated rings. The lowest BCUT2D eigenvalue weighted by Crippen LogP contribution is -2.58. The number of halogens is 1. The summed E-state index contributed by atoms with van der Waals surface area (Å²) in [6.45, 7) is 15.3. The number of imide groups is 1. The minimum absolute atomic E-state index is 0.00674. The lowest BCUT2D eigenvalue weighted by atomic mass is 9.81. The second-order valence-corrected chi connectivity index (χ2v) is 24.8. The number of likely N-dealkylation sites (tertiary alicyclic amines) is 1. The van der Waals surface area contributed by atoms with Crippen LogP contribution in [-0.4, -0.2) is 275 Å². The van der Waals surface area contributed by atoms with E-state index in [9.17, 15) is 53.4 Å². The zero-order chi connectivity index (χ0) is 74.3. The van der Waals surface area contributed by atoms with Gasteiger partial charge in [-0.25, -0.2) is 14.2 Å². The van der Waals surface area contributed by atoms with Crippen molar-refractivity contribution in [3.05, 3.63) is 61.7 Å². The molecule has 7 atom stereocenters. The molecule has 0 bridgehead atoms. The fraction of sp³-hybridized carbons (Fsp3) is 0.681. The van der Waals surface area contributed by atoms with Crippen LogP contribution in [0.1, 0.15) is 99.2 Å². The number of nitrogens with zero attached hydrogens (tertiary/aromatic N) is 3. The van der Waals surface area contributed by atoms with Crippen molar-refractivity contribution in [3.8, 4) is 11.4 Å². The lowest BCUT2D eigenvalue weighted by Gasteiger charge is -2.31. The van der Waals surface area contributed by atoms with Gasteiger partial charge in [0.05, 0.1) is 194 Å². The van der Waals surface area contributed by atoms with E-state index in [0.717, 1.165) is 4.90 Å². The van der Waals surface area contributed by atoms with Crippen molar-refractivity contribution in [2.24, 2.45) is 5.92 Å². The van der Waals surface area contributed by atoms with Crippen LogP contribution >= 0.6 is 0 Å². The van der Waals surface area contributed by atoms with Crippen molar-refractivity contribution < 1.29 is 119 Å². The molecule has 3 aromatic rings. The molecule has 3 aliphatic heterocycles. The van der Waals surface area contributed by atoms with E-state index < -0.39 is 114 Å². The predicted octanol–water partition coefficient (Wildman–Crippen LogP) is -0.420. The van der Waals surface area contributed by atoms with Crippen LogP contribution in [0.3, 0.4) is 0 Å². The fourth-order valence-electron chi connectivity index (χ4n) is 11.8. The number of pyridine rings is 2. The Morgan fingerprint density at radius 3 is 1.70 bits per heavy atom. The van der Waals surface area contributed by atoms with Gasteiger partial charge in [-0.1, -0.05) is 13.8 Å². The van der Waals surface area contributed by atoms with Crippen LogP contribution in [0, 0.1) is 18.7 Å². The molecule has 0 radical (unpaired) electrons. The minimum Gasteiger partial charge on any atom is -0.458 e. The largest absolute Gasteiger partial charge is 0.458 e. The number of hydrogen-bond acceptors (Lipinski definition) is 26. The normalized spacial score (nSPS) is 17.9. The molecule has 2 unspecified atom stereocenters. The van der Waals surface area contributed by atoms with Gasteiger partial charge in [0.25, 0.3) is 5.56 Å². The number of ether oxygens (including phenoxy) is 14. The third-order valence-corrected chi connectivity index (χ3v) is 17.5. The van der Waals surface area contributed by atoms with Crippen LogP contribution in [0.4, 0.5) is 4.39 Å². The first-order valence-electron chi connectivity index (χ1n) is 34.9. The molecule has 1 aliphatic carbocycles. The molecule has 1 saturated heterocycles. The quantitative estimate of drug-likeness (QED) is 0.0128. The highest BCUT2D eigenvalue weighted by molar-refractivity contribution is 6.07. The zero-order valence-electron chi connectivity index (χ0n) is 59.7. The summed E-state index contributed by atoms with van der Waals surface area (Å²) < 4.78 is 92.7. The van der Waals surface area contributed by atoms with Crippen LogP contribution < -0.4 is 32.1 Å². The monoisotopic (exact) mass is 1460 g/mol. The number of fused-ring (bicyclic) bond motifs is 5. The molecule has 2 aromatic heterocycles. The fourth-order valence-corrected chi connectivity index (χ4v) is 11.8. The van der Waals surface area contributed by atoms with Crippen molar-refractivity contribution in [2.45, 2.75) is 122 Å². The Kier molecular flexibility index (Phi) is 35.0. The third kappa shape index (κ3) is 24.2. The first-order valence-corrected chi connectivity index (χ1v) is 34.9. The maximum atomic E-state index is 15.4. The number of amides is 7. The topological polar surface area (TPSA) is 405 Å². The number of nitrogens with one attached hydrogen (secondary N) is 5. The Balaban J connectivity index is 0.705. The highest BCUT2D eigenvalue weighted by atomic mass is 19.1.